The van der Waals surface area contributed by atoms with Gasteiger partial charge >= 0.3 is 0 Å². The molecule has 1 saturated carbocycles. The van der Waals surface area contributed by atoms with E-state index < -0.39 is 11.6 Å². The first-order chi connectivity index (χ1) is 13.0. The second-order valence-corrected chi connectivity index (χ2v) is 7.26. The van der Waals surface area contributed by atoms with Crippen LogP contribution in [0.2, 0.25) is 0 Å². The van der Waals surface area contributed by atoms with Gasteiger partial charge in [0.25, 0.3) is 0 Å². The van der Waals surface area contributed by atoms with Crippen LogP contribution in [-0.2, 0) is 0 Å². The predicted octanol–water partition coefficient (Wildman–Crippen LogP) is 5.76. The van der Waals surface area contributed by atoms with Gasteiger partial charge in [-0.25, -0.2) is 8.78 Å². The highest BCUT2D eigenvalue weighted by Crippen LogP contribution is 2.37. The summed E-state index contributed by atoms with van der Waals surface area (Å²) in [6.07, 6.45) is 5.48. The van der Waals surface area contributed by atoms with Crippen molar-refractivity contribution in [3.63, 3.8) is 0 Å². The highest BCUT2D eigenvalue weighted by molar-refractivity contribution is 7.71. The van der Waals surface area contributed by atoms with E-state index >= 15 is 0 Å². The van der Waals surface area contributed by atoms with Gasteiger partial charge in [0, 0.05) is 17.7 Å². The van der Waals surface area contributed by atoms with Gasteiger partial charge < -0.3 is 5.11 Å². The number of nitrogens with one attached hydrogen (secondary N) is 1. The average Bonchev–Trinajstić information content (AvgIpc) is 3.04. The summed E-state index contributed by atoms with van der Waals surface area (Å²) in [4.78, 5) is 0. The van der Waals surface area contributed by atoms with Crippen LogP contribution in [0.15, 0.2) is 36.4 Å². The maximum Gasteiger partial charge on any atom is 0.195 e. The third-order valence-corrected chi connectivity index (χ3v) is 5.41. The Labute approximate surface area is 160 Å². The summed E-state index contributed by atoms with van der Waals surface area (Å²) < 4.78 is 29.9. The smallest absolute Gasteiger partial charge is 0.195 e. The van der Waals surface area contributed by atoms with Crippen LogP contribution in [0.1, 0.15) is 38.1 Å². The molecule has 0 amide bonds. The Kier molecular flexibility index (Phi) is 4.78. The molecule has 0 saturated heterocycles. The zero-order valence-corrected chi connectivity index (χ0v) is 15.4. The van der Waals surface area contributed by atoms with E-state index in [0.29, 0.717) is 21.7 Å². The fraction of sp³-hybridized carbons (Fsp3) is 0.300. The van der Waals surface area contributed by atoms with Crippen molar-refractivity contribution in [2.24, 2.45) is 0 Å². The number of phenols is 1. The minimum Gasteiger partial charge on any atom is -0.507 e. The van der Waals surface area contributed by atoms with Gasteiger partial charge in [0.1, 0.15) is 17.4 Å². The molecule has 1 fully saturated rings. The lowest BCUT2D eigenvalue weighted by molar-refractivity contribution is 0.352. The largest absolute Gasteiger partial charge is 0.507 e. The molecule has 0 spiro atoms. The first kappa shape index (κ1) is 17.9. The Bertz CT molecular complexity index is 1040. The number of hydrogen-bond acceptors (Lipinski definition) is 3. The number of halogens is 2. The van der Waals surface area contributed by atoms with Gasteiger partial charge in [-0.3, -0.25) is 9.67 Å². The first-order valence-electron chi connectivity index (χ1n) is 9.00. The highest BCUT2D eigenvalue weighted by Gasteiger charge is 2.22. The molecular formula is C20H19F2N3OS. The molecule has 2 aromatic carbocycles. The van der Waals surface area contributed by atoms with Crippen molar-refractivity contribution in [2.45, 2.75) is 38.1 Å². The number of aromatic nitrogens is 3. The van der Waals surface area contributed by atoms with Crippen molar-refractivity contribution in [1.82, 2.24) is 14.8 Å². The molecule has 1 aliphatic rings. The summed E-state index contributed by atoms with van der Waals surface area (Å²) in [7, 11) is 0. The number of H-pyrrole nitrogens is 1. The summed E-state index contributed by atoms with van der Waals surface area (Å²) in [5.74, 6) is -0.715. The van der Waals surface area contributed by atoms with Gasteiger partial charge in [-0.1, -0.05) is 25.3 Å². The Hall–Kier alpha value is -2.54. The lowest BCUT2D eigenvalue weighted by atomic mass is 9.95. The van der Waals surface area contributed by atoms with Crippen molar-refractivity contribution in [1.29, 1.82) is 0 Å². The van der Waals surface area contributed by atoms with Crippen molar-refractivity contribution in [3.8, 4) is 28.3 Å². The number of aromatic hydroxyl groups is 1. The molecule has 3 aromatic rings. The molecular weight excluding hydrogens is 368 g/mol. The van der Waals surface area contributed by atoms with Crippen molar-refractivity contribution in [3.05, 3.63) is 52.8 Å². The molecule has 27 heavy (non-hydrogen) atoms. The minimum atomic E-state index is -0.655. The van der Waals surface area contributed by atoms with Gasteiger partial charge in [0.15, 0.2) is 10.6 Å². The lowest BCUT2D eigenvalue weighted by Gasteiger charge is -2.24. The quantitative estimate of drug-likeness (QED) is 0.562. The third-order valence-electron chi connectivity index (χ3n) is 5.12. The molecule has 0 radical (unpaired) electrons. The highest BCUT2D eigenvalue weighted by atomic mass is 32.1. The molecule has 0 aliphatic heterocycles. The Morgan fingerprint density at radius 3 is 2.56 bits per heavy atom. The topological polar surface area (TPSA) is 53.8 Å². The lowest BCUT2D eigenvalue weighted by Crippen LogP contribution is -2.14. The van der Waals surface area contributed by atoms with E-state index in [1.807, 2.05) is 4.57 Å². The SMILES string of the molecule is Oc1ccc(-c2ccc(F)cc2F)cc1-c1n[nH]c(=S)n1C1CCCCC1. The van der Waals surface area contributed by atoms with Crippen molar-refractivity contribution in [2.75, 3.05) is 0 Å². The molecule has 1 aromatic heterocycles. The predicted molar refractivity (Wildman–Crippen MR) is 102 cm³/mol. The van der Waals surface area contributed by atoms with Crippen LogP contribution in [0.25, 0.3) is 22.5 Å². The molecule has 7 heteroatoms. The Morgan fingerprint density at radius 1 is 1.04 bits per heavy atom. The summed E-state index contributed by atoms with van der Waals surface area (Å²) >= 11 is 5.42. The molecule has 1 aliphatic carbocycles. The normalized spacial score (nSPS) is 15.2. The van der Waals surface area contributed by atoms with Crippen LogP contribution in [0.5, 0.6) is 5.75 Å². The van der Waals surface area contributed by atoms with Gasteiger partial charge in [-0.05, 0) is 54.9 Å². The zero-order chi connectivity index (χ0) is 19.0. The second-order valence-electron chi connectivity index (χ2n) is 6.87. The van der Waals surface area contributed by atoms with Gasteiger partial charge in [-0.15, -0.1) is 0 Å². The van der Waals surface area contributed by atoms with Crippen LogP contribution >= 0.6 is 12.2 Å². The van der Waals surface area contributed by atoms with E-state index in [0.717, 1.165) is 31.7 Å². The van der Waals surface area contributed by atoms with E-state index in [-0.39, 0.29) is 17.4 Å². The molecule has 2 N–H and O–H groups in total. The number of phenolic OH excluding ortho intramolecular Hbond substituents is 1. The zero-order valence-electron chi connectivity index (χ0n) is 14.6. The maximum atomic E-state index is 14.2. The van der Waals surface area contributed by atoms with E-state index in [4.69, 9.17) is 12.2 Å². The molecule has 1 heterocycles. The Morgan fingerprint density at radius 2 is 1.81 bits per heavy atom. The molecule has 0 atom stereocenters. The Balaban J connectivity index is 1.82. The maximum absolute atomic E-state index is 14.2. The van der Waals surface area contributed by atoms with E-state index in [1.54, 1.807) is 12.1 Å². The van der Waals surface area contributed by atoms with Crippen LogP contribution in [-0.4, -0.2) is 19.9 Å². The van der Waals surface area contributed by atoms with Gasteiger partial charge in [0.05, 0.1) is 5.56 Å². The van der Waals surface area contributed by atoms with Crippen LogP contribution in [0, 0.1) is 16.4 Å². The monoisotopic (exact) mass is 387 g/mol. The summed E-state index contributed by atoms with van der Waals surface area (Å²) in [6.45, 7) is 0. The fourth-order valence-corrected chi connectivity index (χ4v) is 4.06. The summed E-state index contributed by atoms with van der Waals surface area (Å²) in [5, 5.41) is 17.6. The molecule has 4 rings (SSSR count). The molecule has 140 valence electrons. The molecule has 4 nitrogen and oxygen atoms in total. The number of nitrogens with zero attached hydrogens (tertiary/aromatic N) is 2. The second kappa shape index (κ2) is 7.23. The van der Waals surface area contributed by atoms with E-state index in [1.165, 1.54) is 24.6 Å². The van der Waals surface area contributed by atoms with Crippen molar-refractivity contribution < 1.29 is 13.9 Å². The number of hydrogen-bond donors (Lipinski definition) is 2. The number of rotatable bonds is 3. The summed E-state index contributed by atoms with van der Waals surface area (Å²) in [6, 6.07) is 8.43. The third kappa shape index (κ3) is 3.39. The van der Waals surface area contributed by atoms with E-state index in [9.17, 15) is 13.9 Å². The average molecular weight is 387 g/mol. The summed E-state index contributed by atoms with van der Waals surface area (Å²) in [5.41, 5.74) is 1.26. The van der Waals surface area contributed by atoms with Crippen LogP contribution in [0.4, 0.5) is 8.78 Å². The van der Waals surface area contributed by atoms with Crippen LogP contribution in [0.3, 0.4) is 0 Å². The van der Waals surface area contributed by atoms with Crippen LogP contribution < -0.4 is 0 Å². The van der Waals surface area contributed by atoms with Gasteiger partial charge in [0.2, 0.25) is 0 Å². The van der Waals surface area contributed by atoms with E-state index in [2.05, 4.69) is 10.2 Å². The first-order valence-corrected chi connectivity index (χ1v) is 9.41. The molecule has 0 unspecified atom stereocenters. The standard InChI is InChI=1S/C20H19F2N3OS/c21-13-7-8-15(17(22)11-13)12-6-9-18(26)16(10-12)19-23-24-20(27)25(19)14-4-2-1-3-5-14/h6-11,14,26H,1-5H2,(H,24,27). The molecule has 0 bridgehead atoms. The minimum absolute atomic E-state index is 0.0346. The fourth-order valence-electron chi connectivity index (χ4n) is 3.78. The number of benzene rings is 2. The van der Waals surface area contributed by atoms with Crippen molar-refractivity contribution >= 4 is 12.2 Å². The van der Waals surface area contributed by atoms with Gasteiger partial charge in [-0.2, -0.15) is 5.10 Å². The number of aromatic amines is 1.